The summed E-state index contributed by atoms with van der Waals surface area (Å²) >= 11 is 0. The maximum absolute atomic E-state index is 13.1. The van der Waals surface area contributed by atoms with Crippen molar-refractivity contribution in [1.29, 1.82) is 0 Å². The summed E-state index contributed by atoms with van der Waals surface area (Å²) in [5.41, 5.74) is 3.22. The first kappa shape index (κ1) is 27.0. The molecular formula is C28H32FN5O4. The van der Waals surface area contributed by atoms with Gasteiger partial charge in [-0.05, 0) is 73.8 Å². The molecule has 2 aromatic carbocycles. The van der Waals surface area contributed by atoms with E-state index < -0.39 is 6.04 Å². The average molecular weight is 522 g/mol. The number of carbonyl (C=O) groups is 3. The van der Waals surface area contributed by atoms with Crippen LogP contribution in [0.15, 0.2) is 54.9 Å². The van der Waals surface area contributed by atoms with Gasteiger partial charge in [0.15, 0.2) is 0 Å². The molecule has 3 aromatic rings. The lowest BCUT2D eigenvalue weighted by Crippen LogP contribution is -2.46. The molecule has 2 amide bonds. The average Bonchev–Trinajstić information content (AvgIpc) is 3.53. The SMILES string of the molecule is CNC(=O)C(CCC=O)N1Cc2cc(OCCCCNCc3cnn(-c4ccc(F)cc4)c3)ccc2C1=O. The number of hydrogen-bond donors (Lipinski definition) is 2. The van der Waals surface area contributed by atoms with Gasteiger partial charge in [-0.2, -0.15) is 5.10 Å². The van der Waals surface area contributed by atoms with Crippen LogP contribution in [0.5, 0.6) is 5.75 Å². The molecule has 1 aromatic heterocycles. The van der Waals surface area contributed by atoms with Crippen LogP contribution in [-0.2, 0) is 22.7 Å². The number of unbranched alkanes of at least 4 members (excludes halogenated alkanes) is 1. The molecule has 2 heterocycles. The number of benzene rings is 2. The summed E-state index contributed by atoms with van der Waals surface area (Å²) in [6.45, 7) is 2.35. The number of ether oxygens (including phenoxy) is 1. The minimum atomic E-state index is -0.681. The van der Waals surface area contributed by atoms with Crippen LogP contribution in [0, 0.1) is 5.82 Å². The van der Waals surface area contributed by atoms with Gasteiger partial charge in [-0.3, -0.25) is 9.59 Å². The second-order valence-electron chi connectivity index (χ2n) is 9.13. The normalized spacial score (nSPS) is 13.3. The van der Waals surface area contributed by atoms with Crippen molar-refractivity contribution < 1.29 is 23.5 Å². The molecule has 9 nitrogen and oxygen atoms in total. The molecule has 1 atom stereocenters. The summed E-state index contributed by atoms with van der Waals surface area (Å²) in [4.78, 5) is 37.5. The molecule has 0 aliphatic carbocycles. The number of nitrogens with zero attached hydrogens (tertiary/aromatic N) is 3. The predicted octanol–water partition coefficient (Wildman–Crippen LogP) is 3.01. The molecule has 10 heteroatoms. The molecule has 200 valence electrons. The number of aromatic nitrogens is 2. The van der Waals surface area contributed by atoms with E-state index in [1.165, 1.54) is 24.1 Å². The lowest BCUT2D eigenvalue weighted by molar-refractivity contribution is -0.125. The van der Waals surface area contributed by atoms with Crippen LogP contribution in [0.25, 0.3) is 5.69 Å². The fourth-order valence-electron chi connectivity index (χ4n) is 4.44. The zero-order chi connectivity index (χ0) is 26.9. The molecule has 0 spiro atoms. The first-order valence-corrected chi connectivity index (χ1v) is 12.7. The first-order valence-electron chi connectivity index (χ1n) is 12.7. The number of hydrogen-bond acceptors (Lipinski definition) is 6. The fourth-order valence-corrected chi connectivity index (χ4v) is 4.44. The number of carbonyl (C=O) groups excluding carboxylic acids is 3. The van der Waals surface area contributed by atoms with Gasteiger partial charge in [0.05, 0.1) is 18.5 Å². The largest absolute Gasteiger partial charge is 0.494 e. The molecule has 38 heavy (non-hydrogen) atoms. The first-order chi connectivity index (χ1) is 18.5. The zero-order valence-corrected chi connectivity index (χ0v) is 21.4. The Balaban J connectivity index is 1.18. The van der Waals surface area contributed by atoms with E-state index in [1.807, 2.05) is 12.3 Å². The monoisotopic (exact) mass is 521 g/mol. The summed E-state index contributed by atoms with van der Waals surface area (Å²) in [5.74, 6) is -0.0767. The lowest BCUT2D eigenvalue weighted by atomic mass is 10.1. The van der Waals surface area contributed by atoms with E-state index in [2.05, 4.69) is 15.7 Å². The second-order valence-corrected chi connectivity index (χ2v) is 9.13. The summed E-state index contributed by atoms with van der Waals surface area (Å²) in [6.07, 6.45) is 6.75. The quantitative estimate of drug-likeness (QED) is 0.250. The Morgan fingerprint density at radius 1 is 1.21 bits per heavy atom. The molecule has 0 saturated carbocycles. The van der Waals surface area contributed by atoms with E-state index in [9.17, 15) is 18.8 Å². The van der Waals surface area contributed by atoms with Gasteiger partial charge in [0.25, 0.3) is 5.91 Å². The third-order valence-corrected chi connectivity index (χ3v) is 6.46. The number of fused-ring (bicyclic) bond motifs is 1. The van der Waals surface area contributed by atoms with Crippen LogP contribution in [-0.4, -0.2) is 59.0 Å². The minimum Gasteiger partial charge on any atom is -0.494 e. The highest BCUT2D eigenvalue weighted by atomic mass is 19.1. The van der Waals surface area contributed by atoms with Gasteiger partial charge < -0.3 is 25.1 Å². The Labute approximate surface area is 221 Å². The molecular weight excluding hydrogens is 489 g/mol. The van der Waals surface area contributed by atoms with E-state index in [1.54, 1.807) is 35.1 Å². The standard InChI is InChI=1S/C28H32FN5O4/c1-30-27(36)26(5-4-13-35)33-19-21-15-24(10-11-25(21)28(33)37)38-14-3-2-12-31-16-20-17-32-34(18-20)23-8-6-22(29)7-9-23/h6-11,13,15,17-18,26,31H,2-5,12,14,16,19H2,1H3,(H,30,36). The van der Waals surface area contributed by atoms with Gasteiger partial charge in [-0.15, -0.1) is 0 Å². The van der Waals surface area contributed by atoms with Crippen molar-refractivity contribution in [2.45, 2.75) is 44.8 Å². The Hall–Kier alpha value is -4.05. The molecule has 2 N–H and O–H groups in total. The molecule has 0 radical (unpaired) electrons. The van der Waals surface area contributed by atoms with Crippen LogP contribution < -0.4 is 15.4 Å². The smallest absolute Gasteiger partial charge is 0.255 e. The van der Waals surface area contributed by atoms with Crippen LogP contribution in [0.2, 0.25) is 0 Å². The summed E-state index contributed by atoms with van der Waals surface area (Å²) < 4.78 is 20.7. The Bertz CT molecular complexity index is 1260. The van der Waals surface area contributed by atoms with Gasteiger partial charge in [-0.1, -0.05) is 0 Å². The minimum absolute atomic E-state index is 0.208. The Morgan fingerprint density at radius 3 is 2.79 bits per heavy atom. The van der Waals surface area contributed by atoms with Crippen molar-refractivity contribution in [3.63, 3.8) is 0 Å². The molecule has 4 rings (SSSR count). The number of nitrogens with one attached hydrogen (secondary N) is 2. The third-order valence-electron chi connectivity index (χ3n) is 6.46. The number of likely N-dealkylation sites (N-methyl/N-ethyl adjacent to an activating group) is 1. The maximum atomic E-state index is 13.1. The van der Waals surface area contributed by atoms with Crippen molar-refractivity contribution >= 4 is 18.1 Å². The van der Waals surface area contributed by atoms with Crippen molar-refractivity contribution in [2.24, 2.45) is 0 Å². The fraction of sp³-hybridized carbons (Fsp3) is 0.357. The van der Waals surface area contributed by atoms with E-state index in [0.717, 1.165) is 42.5 Å². The summed E-state index contributed by atoms with van der Waals surface area (Å²) in [6, 6.07) is 10.9. The van der Waals surface area contributed by atoms with Gasteiger partial charge in [0, 0.05) is 43.9 Å². The Morgan fingerprint density at radius 2 is 2.03 bits per heavy atom. The van der Waals surface area contributed by atoms with Crippen LogP contribution >= 0.6 is 0 Å². The lowest BCUT2D eigenvalue weighted by Gasteiger charge is -2.25. The van der Waals surface area contributed by atoms with Gasteiger partial charge in [0.2, 0.25) is 5.91 Å². The van der Waals surface area contributed by atoms with E-state index in [4.69, 9.17) is 4.74 Å². The van der Waals surface area contributed by atoms with Crippen molar-refractivity contribution in [1.82, 2.24) is 25.3 Å². The van der Waals surface area contributed by atoms with Crippen molar-refractivity contribution in [3.05, 3.63) is 77.4 Å². The highest BCUT2D eigenvalue weighted by molar-refractivity contribution is 6.01. The predicted molar refractivity (Wildman–Crippen MR) is 139 cm³/mol. The van der Waals surface area contributed by atoms with E-state index in [0.29, 0.717) is 31.0 Å². The van der Waals surface area contributed by atoms with Crippen molar-refractivity contribution in [2.75, 3.05) is 20.2 Å². The number of amides is 2. The highest BCUT2D eigenvalue weighted by Crippen LogP contribution is 2.29. The van der Waals surface area contributed by atoms with E-state index in [-0.39, 0.29) is 30.5 Å². The topological polar surface area (TPSA) is 106 Å². The van der Waals surface area contributed by atoms with E-state index >= 15 is 0 Å². The molecule has 0 fully saturated rings. The van der Waals surface area contributed by atoms with Crippen molar-refractivity contribution in [3.8, 4) is 11.4 Å². The highest BCUT2D eigenvalue weighted by Gasteiger charge is 2.35. The maximum Gasteiger partial charge on any atom is 0.255 e. The molecule has 1 aliphatic rings. The van der Waals surface area contributed by atoms with Gasteiger partial charge >= 0.3 is 0 Å². The van der Waals surface area contributed by atoms with Gasteiger partial charge in [-0.25, -0.2) is 9.07 Å². The molecule has 1 unspecified atom stereocenters. The summed E-state index contributed by atoms with van der Waals surface area (Å²) in [5, 5.41) is 10.3. The number of rotatable bonds is 14. The van der Waals surface area contributed by atoms with Gasteiger partial charge in [0.1, 0.15) is 23.9 Å². The number of halogens is 1. The number of aldehydes is 1. The second kappa shape index (κ2) is 13.0. The molecule has 1 aliphatic heterocycles. The third kappa shape index (κ3) is 6.63. The summed E-state index contributed by atoms with van der Waals surface area (Å²) in [7, 11) is 1.52. The molecule has 0 bridgehead atoms. The van der Waals surface area contributed by atoms with Crippen LogP contribution in [0.1, 0.15) is 47.2 Å². The van der Waals surface area contributed by atoms with Crippen LogP contribution in [0.3, 0.4) is 0 Å². The van der Waals surface area contributed by atoms with Crippen LogP contribution in [0.4, 0.5) is 4.39 Å². The molecule has 0 saturated heterocycles. The Kier molecular flexibility index (Phi) is 9.21. The zero-order valence-electron chi connectivity index (χ0n) is 21.4.